The molecule has 0 saturated heterocycles. The Hall–Kier alpha value is -3.16. The van der Waals surface area contributed by atoms with E-state index in [9.17, 15) is 14.4 Å². The number of hydrogen-bond donors (Lipinski definition) is 2. The van der Waals surface area contributed by atoms with Crippen LogP contribution in [-0.2, 0) is 21.4 Å². The Labute approximate surface area is 145 Å². The van der Waals surface area contributed by atoms with Crippen LogP contribution in [0.1, 0.15) is 28.7 Å². The minimum Gasteiger partial charge on any atom is -0.452 e. The molecule has 132 valence electrons. The van der Waals surface area contributed by atoms with E-state index < -0.39 is 18.5 Å². The third-order valence-electron chi connectivity index (χ3n) is 3.55. The Kier molecular flexibility index (Phi) is 5.53. The van der Waals surface area contributed by atoms with Gasteiger partial charge in [-0.05, 0) is 38.1 Å². The van der Waals surface area contributed by atoms with Gasteiger partial charge in [0, 0.05) is 19.7 Å². The lowest BCUT2D eigenvalue weighted by molar-refractivity contribution is -0.119. The number of amides is 2. The molecule has 2 rings (SSSR count). The van der Waals surface area contributed by atoms with Crippen molar-refractivity contribution in [3.05, 3.63) is 41.2 Å². The van der Waals surface area contributed by atoms with Crippen LogP contribution in [0.2, 0.25) is 0 Å². The van der Waals surface area contributed by atoms with Crippen LogP contribution in [0.25, 0.3) is 0 Å². The maximum absolute atomic E-state index is 12.0. The summed E-state index contributed by atoms with van der Waals surface area (Å²) in [5.74, 6) is -1.26. The zero-order valence-corrected chi connectivity index (χ0v) is 14.5. The number of aryl methyl sites for hydroxylation is 2. The van der Waals surface area contributed by atoms with Crippen LogP contribution < -0.4 is 10.6 Å². The summed E-state index contributed by atoms with van der Waals surface area (Å²) in [6, 6.07) is 6.20. The fraction of sp³-hybridized carbons (Fsp3) is 0.294. The lowest BCUT2D eigenvalue weighted by Crippen LogP contribution is -2.21. The summed E-state index contributed by atoms with van der Waals surface area (Å²) in [6.07, 6.45) is 0. The van der Waals surface area contributed by atoms with Gasteiger partial charge < -0.3 is 15.4 Å². The Morgan fingerprint density at radius 3 is 2.28 bits per heavy atom. The van der Waals surface area contributed by atoms with Crippen molar-refractivity contribution < 1.29 is 19.1 Å². The summed E-state index contributed by atoms with van der Waals surface area (Å²) in [4.78, 5) is 34.9. The second kappa shape index (κ2) is 7.61. The molecule has 0 spiro atoms. The number of carbonyl (C=O) groups is 3. The predicted octanol–water partition coefficient (Wildman–Crippen LogP) is 1.79. The lowest BCUT2D eigenvalue weighted by atomic mass is 10.2. The topological polar surface area (TPSA) is 102 Å². The Morgan fingerprint density at radius 1 is 1.12 bits per heavy atom. The van der Waals surface area contributed by atoms with E-state index in [1.54, 1.807) is 30.8 Å². The van der Waals surface area contributed by atoms with Gasteiger partial charge in [0.05, 0.1) is 22.6 Å². The van der Waals surface area contributed by atoms with E-state index in [4.69, 9.17) is 4.74 Å². The average molecular weight is 344 g/mol. The van der Waals surface area contributed by atoms with Gasteiger partial charge in [0.25, 0.3) is 5.91 Å². The van der Waals surface area contributed by atoms with Crippen LogP contribution in [0.4, 0.5) is 11.4 Å². The molecule has 0 saturated carbocycles. The van der Waals surface area contributed by atoms with E-state index in [-0.39, 0.29) is 11.5 Å². The van der Waals surface area contributed by atoms with Gasteiger partial charge in [-0.3, -0.25) is 14.3 Å². The first-order valence-corrected chi connectivity index (χ1v) is 7.62. The summed E-state index contributed by atoms with van der Waals surface area (Å²) < 4.78 is 6.66. The first kappa shape index (κ1) is 18.2. The van der Waals surface area contributed by atoms with Crippen molar-refractivity contribution in [3.63, 3.8) is 0 Å². The summed E-state index contributed by atoms with van der Waals surface area (Å²) in [5.41, 5.74) is 2.97. The standard InChI is InChI=1S/C17H20N4O4/c1-10-16(11(2)21(4)20-10)19-15(23)9-25-17(24)13-5-7-14(8-6-13)18-12(3)22/h5-8H,9H2,1-4H3,(H,18,22)(H,19,23). The molecule has 1 heterocycles. The molecule has 0 unspecified atom stereocenters. The normalized spacial score (nSPS) is 10.2. The van der Waals surface area contributed by atoms with E-state index in [0.717, 1.165) is 5.69 Å². The van der Waals surface area contributed by atoms with Crippen molar-refractivity contribution in [2.45, 2.75) is 20.8 Å². The molecule has 8 heteroatoms. The van der Waals surface area contributed by atoms with Crippen molar-refractivity contribution >= 4 is 29.2 Å². The maximum Gasteiger partial charge on any atom is 0.338 e. The smallest absolute Gasteiger partial charge is 0.338 e. The zero-order valence-electron chi connectivity index (χ0n) is 14.5. The summed E-state index contributed by atoms with van der Waals surface area (Å²) in [5, 5.41) is 9.49. The van der Waals surface area contributed by atoms with Gasteiger partial charge in [-0.1, -0.05) is 0 Å². The summed E-state index contributed by atoms with van der Waals surface area (Å²) in [6.45, 7) is 4.61. The van der Waals surface area contributed by atoms with Crippen LogP contribution in [0.3, 0.4) is 0 Å². The number of rotatable bonds is 5. The minimum absolute atomic E-state index is 0.201. The molecule has 8 nitrogen and oxygen atoms in total. The zero-order chi connectivity index (χ0) is 18.6. The molecule has 0 atom stereocenters. The fourth-order valence-electron chi connectivity index (χ4n) is 2.24. The number of ether oxygens (including phenoxy) is 1. The molecule has 0 aliphatic heterocycles. The first-order chi connectivity index (χ1) is 11.8. The second-order valence-corrected chi connectivity index (χ2v) is 5.55. The monoisotopic (exact) mass is 344 g/mol. The van der Waals surface area contributed by atoms with Crippen LogP contribution in [-0.4, -0.2) is 34.2 Å². The highest BCUT2D eigenvalue weighted by molar-refractivity contribution is 5.96. The van der Waals surface area contributed by atoms with E-state index in [0.29, 0.717) is 17.1 Å². The third-order valence-corrected chi connectivity index (χ3v) is 3.55. The van der Waals surface area contributed by atoms with E-state index in [1.807, 2.05) is 6.92 Å². The second-order valence-electron chi connectivity index (χ2n) is 5.55. The predicted molar refractivity (Wildman–Crippen MR) is 92.3 cm³/mol. The van der Waals surface area contributed by atoms with Gasteiger partial charge in [-0.2, -0.15) is 5.10 Å². The molecule has 0 bridgehead atoms. The molecule has 0 aliphatic rings. The molecule has 25 heavy (non-hydrogen) atoms. The molecular formula is C17H20N4O4. The summed E-state index contributed by atoms with van der Waals surface area (Å²) >= 11 is 0. The average Bonchev–Trinajstić information content (AvgIpc) is 2.79. The van der Waals surface area contributed by atoms with Crippen molar-refractivity contribution in [3.8, 4) is 0 Å². The third kappa shape index (κ3) is 4.66. The highest BCUT2D eigenvalue weighted by Crippen LogP contribution is 2.18. The van der Waals surface area contributed by atoms with Crippen LogP contribution in [0.5, 0.6) is 0 Å². The molecule has 1 aromatic heterocycles. The molecule has 1 aromatic carbocycles. The van der Waals surface area contributed by atoms with Crippen molar-refractivity contribution in [2.75, 3.05) is 17.2 Å². The van der Waals surface area contributed by atoms with Gasteiger partial charge in [0.15, 0.2) is 6.61 Å². The Balaban J connectivity index is 1.90. The van der Waals surface area contributed by atoms with Gasteiger partial charge in [0.2, 0.25) is 5.91 Å². The molecule has 2 N–H and O–H groups in total. The minimum atomic E-state index is -0.621. The number of anilines is 2. The quantitative estimate of drug-likeness (QED) is 0.805. The Morgan fingerprint density at radius 2 is 1.76 bits per heavy atom. The molecule has 2 amide bonds. The number of esters is 1. The van der Waals surface area contributed by atoms with E-state index >= 15 is 0 Å². The number of aromatic nitrogens is 2. The molecule has 2 aromatic rings. The number of benzene rings is 1. The largest absolute Gasteiger partial charge is 0.452 e. The number of nitrogens with one attached hydrogen (secondary N) is 2. The SMILES string of the molecule is CC(=O)Nc1ccc(C(=O)OCC(=O)Nc2c(C)nn(C)c2C)cc1. The molecule has 0 aliphatic carbocycles. The van der Waals surface area contributed by atoms with Crippen molar-refractivity contribution in [1.29, 1.82) is 0 Å². The van der Waals surface area contributed by atoms with Gasteiger partial charge in [-0.25, -0.2) is 4.79 Å². The van der Waals surface area contributed by atoms with E-state index in [1.165, 1.54) is 19.1 Å². The first-order valence-electron chi connectivity index (χ1n) is 7.62. The van der Waals surface area contributed by atoms with Crippen LogP contribution in [0.15, 0.2) is 24.3 Å². The highest BCUT2D eigenvalue weighted by atomic mass is 16.5. The van der Waals surface area contributed by atoms with Crippen molar-refractivity contribution in [2.24, 2.45) is 7.05 Å². The molecule has 0 fully saturated rings. The molecule has 0 radical (unpaired) electrons. The van der Waals surface area contributed by atoms with Gasteiger partial charge in [-0.15, -0.1) is 0 Å². The highest BCUT2D eigenvalue weighted by Gasteiger charge is 2.14. The lowest BCUT2D eigenvalue weighted by Gasteiger charge is -2.08. The van der Waals surface area contributed by atoms with Crippen LogP contribution in [0, 0.1) is 13.8 Å². The van der Waals surface area contributed by atoms with E-state index in [2.05, 4.69) is 15.7 Å². The summed E-state index contributed by atoms with van der Waals surface area (Å²) in [7, 11) is 1.78. The molecular weight excluding hydrogens is 324 g/mol. The maximum atomic E-state index is 12.0. The number of hydrogen-bond acceptors (Lipinski definition) is 5. The van der Waals surface area contributed by atoms with Crippen LogP contribution >= 0.6 is 0 Å². The number of carbonyl (C=O) groups excluding carboxylic acids is 3. The van der Waals surface area contributed by atoms with Crippen molar-refractivity contribution in [1.82, 2.24) is 9.78 Å². The number of nitrogens with zero attached hydrogens (tertiary/aromatic N) is 2. The Bertz CT molecular complexity index is 809. The van der Waals surface area contributed by atoms with Gasteiger partial charge >= 0.3 is 5.97 Å². The van der Waals surface area contributed by atoms with Gasteiger partial charge in [0.1, 0.15) is 0 Å². The fourth-order valence-corrected chi connectivity index (χ4v) is 2.24.